The molecular formula is C14H24FIN4O2S. The summed E-state index contributed by atoms with van der Waals surface area (Å²) in [4.78, 5) is 4.08. The Labute approximate surface area is 154 Å². The SMILES string of the molecule is CN=C(NCCCNS(C)(=O)=O)NCCc1ccc(F)cc1.I. The van der Waals surface area contributed by atoms with Crippen molar-refractivity contribution in [1.82, 2.24) is 15.4 Å². The van der Waals surface area contributed by atoms with Crippen LogP contribution in [0.15, 0.2) is 29.3 Å². The third-order valence-electron chi connectivity index (χ3n) is 2.85. The Morgan fingerprint density at radius 1 is 1.13 bits per heavy atom. The van der Waals surface area contributed by atoms with Crippen LogP contribution in [0.3, 0.4) is 0 Å². The molecular weight excluding hydrogens is 434 g/mol. The maximum Gasteiger partial charge on any atom is 0.208 e. The largest absolute Gasteiger partial charge is 0.356 e. The normalized spacial score (nSPS) is 11.7. The quantitative estimate of drug-likeness (QED) is 0.236. The summed E-state index contributed by atoms with van der Waals surface area (Å²) in [6.07, 6.45) is 2.55. The molecule has 23 heavy (non-hydrogen) atoms. The monoisotopic (exact) mass is 458 g/mol. The Kier molecular flexibility index (Phi) is 11.1. The highest BCUT2D eigenvalue weighted by Crippen LogP contribution is 2.02. The van der Waals surface area contributed by atoms with E-state index in [0.717, 1.165) is 18.2 Å². The highest BCUT2D eigenvalue weighted by atomic mass is 127. The lowest BCUT2D eigenvalue weighted by atomic mass is 10.1. The molecule has 0 aromatic heterocycles. The summed E-state index contributed by atoms with van der Waals surface area (Å²) in [5, 5.41) is 6.24. The van der Waals surface area contributed by atoms with Crippen molar-refractivity contribution in [1.29, 1.82) is 0 Å². The van der Waals surface area contributed by atoms with Gasteiger partial charge >= 0.3 is 0 Å². The van der Waals surface area contributed by atoms with Gasteiger partial charge < -0.3 is 10.6 Å². The lowest BCUT2D eigenvalue weighted by Gasteiger charge is -2.12. The van der Waals surface area contributed by atoms with E-state index in [4.69, 9.17) is 0 Å². The molecule has 0 saturated carbocycles. The van der Waals surface area contributed by atoms with Crippen molar-refractivity contribution >= 4 is 40.0 Å². The molecule has 0 atom stereocenters. The average Bonchev–Trinajstić information content (AvgIpc) is 2.46. The summed E-state index contributed by atoms with van der Waals surface area (Å²) in [6, 6.07) is 6.39. The van der Waals surface area contributed by atoms with Gasteiger partial charge in [0.2, 0.25) is 10.0 Å². The van der Waals surface area contributed by atoms with Gasteiger partial charge in [-0.2, -0.15) is 0 Å². The topological polar surface area (TPSA) is 82.6 Å². The van der Waals surface area contributed by atoms with E-state index in [1.165, 1.54) is 12.1 Å². The Balaban J connectivity index is 0.00000484. The van der Waals surface area contributed by atoms with Crippen LogP contribution in [-0.2, 0) is 16.4 Å². The van der Waals surface area contributed by atoms with Crippen molar-refractivity contribution in [2.75, 3.05) is 32.9 Å². The molecule has 0 aliphatic heterocycles. The van der Waals surface area contributed by atoms with Gasteiger partial charge in [0, 0.05) is 26.7 Å². The zero-order chi connectivity index (χ0) is 16.4. The molecule has 0 amide bonds. The fourth-order valence-corrected chi connectivity index (χ4v) is 2.26. The molecule has 9 heteroatoms. The summed E-state index contributed by atoms with van der Waals surface area (Å²) in [6.45, 7) is 1.67. The maximum atomic E-state index is 12.8. The maximum absolute atomic E-state index is 12.8. The number of aliphatic imine (C=N–C) groups is 1. The number of benzene rings is 1. The van der Waals surface area contributed by atoms with E-state index in [-0.39, 0.29) is 29.8 Å². The van der Waals surface area contributed by atoms with Crippen LogP contribution in [0.25, 0.3) is 0 Å². The highest BCUT2D eigenvalue weighted by Gasteiger charge is 2.00. The van der Waals surface area contributed by atoms with E-state index in [2.05, 4.69) is 20.3 Å². The van der Waals surface area contributed by atoms with Crippen LogP contribution in [-0.4, -0.2) is 47.3 Å². The standard InChI is InChI=1S/C14H23FN4O2S.HI/c1-16-14(17-9-3-10-19-22(2,20)21)18-11-8-12-4-6-13(15)7-5-12;/h4-7,19H,3,8-11H2,1-2H3,(H2,16,17,18);1H. The molecule has 0 saturated heterocycles. The first-order valence-corrected chi connectivity index (χ1v) is 8.93. The summed E-state index contributed by atoms with van der Waals surface area (Å²) < 4.78 is 37.0. The fraction of sp³-hybridized carbons (Fsp3) is 0.500. The van der Waals surface area contributed by atoms with E-state index in [9.17, 15) is 12.8 Å². The molecule has 3 N–H and O–H groups in total. The second-order valence-corrected chi connectivity index (χ2v) is 6.66. The first-order valence-electron chi connectivity index (χ1n) is 7.04. The predicted molar refractivity (Wildman–Crippen MR) is 102 cm³/mol. The van der Waals surface area contributed by atoms with Crippen LogP contribution in [0.5, 0.6) is 0 Å². The third-order valence-corrected chi connectivity index (χ3v) is 3.58. The van der Waals surface area contributed by atoms with Gasteiger partial charge in [-0.25, -0.2) is 17.5 Å². The molecule has 0 bridgehead atoms. The summed E-state index contributed by atoms with van der Waals surface area (Å²) in [7, 11) is -1.46. The molecule has 0 heterocycles. The van der Waals surface area contributed by atoms with Crippen LogP contribution in [0.1, 0.15) is 12.0 Å². The van der Waals surface area contributed by atoms with Gasteiger partial charge in [-0.05, 0) is 30.5 Å². The summed E-state index contributed by atoms with van der Waals surface area (Å²) in [5.41, 5.74) is 1.04. The Morgan fingerprint density at radius 2 is 1.74 bits per heavy atom. The molecule has 132 valence electrons. The number of sulfonamides is 1. The number of nitrogens with zero attached hydrogens (tertiary/aromatic N) is 1. The van der Waals surface area contributed by atoms with Crippen molar-refractivity contribution in [2.45, 2.75) is 12.8 Å². The second-order valence-electron chi connectivity index (χ2n) is 4.82. The van der Waals surface area contributed by atoms with Crippen LogP contribution in [0.4, 0.5) is 4.39 Å². The summed E-state index contributed by atoms with van der Waals surface area (Å²) >= 11 is 0. The first-order chi connectivity index (χ1) is 10.4. The predicted octanol–water partition coefficient (Wildman–Crippen LogP) is 1.09. The Bertz CT molecular complexity index is 579. The molecule has 0 spiro atoms. The minimum atomic E-state index is -3.13. The van der Waals surface area contributed by atoms with Crippen molar-refractivity contribution < 1.29 is 12.8 Å². The minimum Gasteiger partial charge on any atom is -0.356 e. The third kappa shape index (κ3) is 11.3. The Morgan fingerprint density at radius 3 is 2.30 bits per heavy atom. The second kappa shape index (κ2) is 11.6. The average molecular weight is 458 g/mol. The Hall–Kier alpha value is -0.940. The fourth-order valence-electron chi connectivity index (χ4n) is 1.75. The first kappa shape index (κ1) is 22.1. The van der Waals surface area contributed by atoms with E-state index in [0.29, 0.717) is 32.0 Å². The summed E-state index contributed by atoms with van der Waals surface area (Å²) in [5.74, 6) is 0.415. The number of nitrogens with one attached hydrogen (secondary N) is 3. The van der Waals surface area contributed by atoms with E-state index in [1.807, 2.05) is 0 Å². The smallest absolute Gasteiger partial charge is 0.208 e. The molecule has 0 aliphatic carbocycles. The number of hydrogen-bond donors (Lipinski definition) is 3. The van der Waals surface area contributed by atoms with Gasteiger partial charge in [-0.15, -0.1) is 24.0 Å². The molecule has 1 aromatic rings. The molecule has 0 radical (unpaired) electrons. The van der Waals surface area contributed by atoms with Crippen molar-refractivity contribution in [3.63, 3.8) is 0 Å². The molecule has 0 unspecified atom stereocenters. The zero-order valence-corrected chi connectivity index (χ0v) is 16.4. The minimum absolute atomic E-state index is 0. The van der Waals surface area contributed by atoms with Gasteiger partial charge in [0.05, 0.1) is 6.26 Å². The van der Waals surface area contributed by atoms with Gasteiger partial charge in [-0.1, -0.05) is 12.1 Å². The lowest BCUT2D eigenvalue weighted by molar-refractivity contribution is 0.584. The number of halogens is 2. The van der Waals surface area contributed by atoms with Crippen molar-refractivity contribution in [3.05, 3.63) is 35.6 Å². The van der Waals surface area contributed by atoms with Gasteiger partial charge in [0.15, 0.2) is 5.96 Å². The van der Waals surface area contributed by atoms with Crippen LogP contribution < -0.4 is 15.4 Å². The molecule has 1 rings (SSSR count). The van der Waals surface area contributed by atoms with Crippen LogP contribution >= 0.6 is 24.0 Å². The number of guanidine groups is 1. The van der Waals surface area contributed by atoms with Crippen LogP contribution in [0, 0.1) is 5.82 Å². The van der Waals surface area contributed by atoms with E-state index in [1.54, 1.807) is 19.2 Å². The van der Waals surface area contributed by atoms with Crippen molar-refractivity contribution in [3.8, 4) is 0 Å². The number of hydrogen-bond acceptors (Lipinski definition) is 3. The zero-order valence-electron chi connectivity index (χ0n) is 13.3. The lowest BCUT2D eigenvalue weighted by Crippen LogP contribution is -2.39. The molecule has 0 aliphatic rings. The highest BCUT2D eigenvalue weighted by molar-refractivity contribution is 14.0. The van der Waals surface area contributed by atoms with E-state index < -0.39 is 10.0 Å². The van der Waals surface area contributed by atoms with Crippen LogP contribution in [0.2, 0.25) is 0 Å². The van der Waals surface area contributed by atoms with Gasteiger partial charge in [0.25, 0.3) is 0 Å². The number of rotatable bonds is 8. The molecule has 1 aromatic carbocycles. The molecule has 0 fully saturated rings. The van der Waals surface area contributed by atoms with E-state index >= 15 is 0 Å². The van der Waals surface area contributed by atoms with Gasteiger partial charge in [-0.3, -0.25) is 4.99 Å². The van der Waals surface area contributed by atoms with Crippen molar-refractivity contribution in [2.24, 2.45) is 4.99 Å². The van der Waals surface area contributed by atoms with Gasteiger partial charge in [0.1, 0.15) is 5.82 Å². The molecule has 6 nitrogen and oxygen atoms in total.